The molecule has 9 heteroatoms. The van der Waals surface area contributed by atoms with Crippen molar-refractivity contribution in [2.75, 3.05) is 19.5 Å². The molecule has 1 unspecified atom stereocenters. The highest BCUT2D eigenvalue weighted by Gasteiger charge is 2.35. The van der Waals surface area contributed by atoms with Gasteiger partial charge in [0.1, 0.15) is 5.75 Å². The summed E-state index contributed by atoms with van der Waals surface area (Å²) < 4.78 is 36.7. The van der Waals surface area contributed by atoms with E-state index in [2.05, 4.69) is 24.5 Å². The maximum Gasteiger partial charge on any atom is 0.338 e. The lowest BCUT2D eigenvalue weighted by molar-refractivity contribution is -0.136. The standard InChI is InChI=1S/C25H30N2O6S/c1-5-33-19-10-8-18(9-11-19)23-22(24(28)32-4)21(26-25(29)27-23)15-34(30,31)20-12-6-17(7-13-20)14-16(2)3/h6-13,16,23H,5,14-15H2,1-4H3,(H2,26,27,29). The van der Waals surface area contributed by atoms with Gasteiger partial charge in [-0.15, -0.1) is 0 Å². The van der Waals surface area contributed by atoms with Crippen molar-refractivity contribution >= 4 is 21.8 Å². The predicted octanol–water partition coefficient (Wildman–Crippen LogP) is 3.54. The minimum absolute atomic E-state index is 0.0132. The van der Waals surface area contributed by atoms with Crippen LogP contribution in [0.15, 0.2) is 64.7 Å². The van der Waals surface area contributed by atoms with Crippen molar-refractivity contribution in [3.63, 3.8) is 0 Å². The highest BCUT2D eigenvalue weighted by Crippen LogP contribution is 2.30. The summed E-state index contributed by atoms with van der Waals surface area (Å²) in [5, 5.41) is 5.19. The monoisotopic (exact) mass is 486 g/mol. The van der Waals surface area contributed by atoms with Crippen molar-refractivity contribution in [3.05, 3.63) is 70.9 Å². The van der Waals surface area contributed by atoms with Crippen LogP contribution in [0.4, 0.5) is 4.79 Å². The lowest BCUT2D eigenvalue weighted by atomic mass is 9.95. The molecule has 3 rings (SSSR count). The van der Waals surface area contributed by atoms with Crippen LogP contribution in [0.5, 0.6) is 5.75 Å². The summed E-state index contributed by atoms with van der Waals surface area (Å²) in [6.07, 6.45) is 0.837. The maximum atomic E-state index is 13.2. The molecule has 0 spiro atoms. The molecule has 0 bridgehead atoms. The van der Waals surface area contributed by atoms with E-state index in [1.165, 1.54) is 7.11 Å². The molecule has 34 heavy (non-hydrogen) atoms. The Hall–Kier alpha value is -3.33. The Morgan fingerprint density at radius 3 is 2.26 bits per heavy atom. The summed E-state index contributed by atoms with van der Waals surface area (Å²) in [5.41, 5.74) is 1.65. The summed E-state index contributed by atoms with van der Waals surface area (Å²) >= 11 is 0. The molecule has 0 aliphatic carbocycles. The van der Waals surface area contributed by atoms with Gasteiger partial charge in [-0.1, -0.05) is 38.1 Å². The lowest BCUT2D eigenvalue weighted by Crippen LogP contribution is -2.47. The zero-order valence-corrected chi connectivity index (χ0v) is 20.6. The average molecular weight is 487 g/mol. The Morgan fingerprint density at radius 1 is 1.06 bits per heavy atom. The van der Waals surface area contributed by atoms with E-state index in [0.717, 1.165) is 12.0 Å². The van der Waals surface area contributed by atoms with Crippen LogP contribution in [0.2, 0.25) is 0 Å². The van der Waals surface area contributed by atoms with E-state index < -0.39 is 33.6 Å². The fraction of sp³-hybridized carbons (Fsp3) is 0.360. The summed E-state index contributed by atoms with van der Waals surface area (Å²) in [6, 6.07) is 12.1. The molecule has 8 nitrogen and oxygen atoms in total. The second kappa shape index (κ2) is 10.7. The van der Waals surface area contributed by atoms with Gasteiger partial charge in [0.25, 0.3) is 0 Å². The topological polar surface area (TPSA) is 111 Å². The highest BCUT2D eigenvalue weighted by atomic mass is 32.2. The summed E-state index contributed by atoms with van der Waals surface area (Å²) in [6.45, 7) is 6.54. The smallest absolute Gasteiger partial charge is 0.338 e. The van der Waals surface area contributed by atoms with E-state index in [-0.39, 0.29) is 16.2 Å². The molecule has 0 saturated heterocycles. The van der Waals surface area contributed by atoms with Crippen molar-refractivity contribution in [3.8, 4) is 5.75 Å². The number of methoxy groups -OCH3 is 1. The minimum Gasteiger partial charge on any atom is -0.494 e. The fourth-order valence-electron chi connectivity index (χ4n) is 3.83. The van der Waals surface area contributed by atoms with Crippen LogP contribution in [0.1, 0.15) is 37.9 Å². The van der Waals surface area contributed by atoms with Crippen LogP contribution >= 0.6 is 0 Å². The van der Waals surface area contributed by atoms with Gasteiger partial charge in [0, 0.05) is 5.70 Å². The van der Waals surface area contributed by atoms with Gasteiger partial charge < -0.3 is 20.1 Å². The van der Waals surface area contributed by atoms with Crippen molar-refractivity contribution < 1.29 is 27.5 Å². The normalized spacial score (nSPS) is 16.1. The van der Waals surface area contributed by atoms with Crippen molar-refractivity contribution in [2.45, 2.75) is 38.1 Å². The zero-order chi connectivity index (χ0) is 24.9. The van der Waals surface area contributed by atoms with E-state index in [4.69, 9.17) is 9.47 Å². The maximum absolute atomic E-state index is 13.2. The second-order valence-corrected chi connectivity index (χ2v) is 10.4. The molecule has 1 heterocycles. The van der Waals surface area contributed by atoms with Gasteiger partial charge in [-0.05, 0) is 54.7 Å². The van der Waals surface area contributed by atoms with Gasteiger partial charge in [-0.2, -0.15) is 0 Å². The minimum atomic E-state index is -3.85. The van der Waals surface area contributed by atoms with Gasteiger partial charge in [-0.25, -0.2) is 18.0 Å². The third-order valence-electron chi connectivity index (χ3n) is 5.34. The SMILES string of the molecule is CCOc1ccc(C2NC(=O)NC(CS(=O)(=O)c3ccc(CC(C)C)cc3)=C2C(=O)OC)cc1. The van der Waals surface area contributed by atoms with Crippen LogP contribution in [0.25, 0.3) is 0 Å². The lowest BCUT2D eigenvalue weighted by Gasteiger charge is -2.29. The molecule has 182 valence electrons. The first-order valence-electron chi connectivity index (χ1n) is 11.1. The average Bonchev–Trinajstić information content (AvgIpc) is 2.78. The van der Waals surface area contributed by atoms with Crippen LogP contribution < -0.4 is 15.4 Å². The molecule has 1 aliphatic rings. The number of hydrogen-bond acceptors (Lipinski definition) is 6. The van der Waals surface area contributed by atoms with E-state index in [1.807, 2.05) is 6.92 Å². The van der Waals surface area contributed by atoms with Gasteiger partial charge in [-0.3, -0.25) is 0 Å². The van der Waals surface area contributed by atoms with Crippen molar-refractivity contribution in [1.82, 2.24) is 10.6 Å². The number of benzene rings is 2. The third-order valence-corrected chi connectivity index (χ3v) is 7.00. The first-order chi connectivity index (χ1) is 16.1. The Kier molecular flexibility index (Phi) is 7.98. The van der Waals surface area contributed by atoms with Crippen LogP contribution in [-0.2, 0) is 25.8 Å². The number of hydrogen-bond donors (Lipinski definition) is 2. The zero-order valence-electron chi connectivity index (χ0n) is 19.8. The van der Waals surface area contributed by atoms with Gasteiger partial charge in [0.05, 0.1) is 36.0 Å². The fourth-order valence-corrected chi connectivity index (χ4v) is 5.16. The number of sulfone groups is 1. The number of nitrogens with one attached hydrogen (secondary N) is 2. The molecular weight excluding hydrogens is 456 g/mol. The van der Waals surface area contributed by atoms with Crippen LogP contribution in [0, 0.1) is 5.92 Å². The van der Waals surface area contributed by atoms with E-state index in [9.17, 15) is 18.0 Å². The number of esters is 1. The molecule has 1 atom stereocenters. The summed E-state index contributed by atoms with van der Waals surface area (Å²) in [5.74, 6) is -0.204. The van der Waals surface area contributed by atoms with Crippen molar-refractivity contribution in [1.29, 1.82) is 0 Å². The first kappa shape index (κ1) is 25.3. The molecule has 0 radical (unpaired) electrons. The van der Waals surface area contributed by atoms with Crippen LogP contribution in [-0.4, -0.2) is 39.9 Å². The van der Waals surface area contributed by atoms with Gasteiger partial charge >= 0.3 is 12.0 Å². The quantitative estimate of drug-likeness (QED) is 0.525. The number of carbonyl (C=O) groups excluding carboxylic acids is 2. The van der Waals surface area contributed by atoms with Gasteiger partial charge in [0.2, 0.25) is 0 Å². The van der Waals surface area contributed by atoms with Crippen LogP contribution in [0.3, 0.4) is 0 Å². The molecule has 2 aromatic rings. The molecule has 2 N–H and O–H groups in total. The van der Waals surface area contributed by atoms with Crippen molar-refractivity contribution in [2.24, 2.45) is 5.92 Å². The third kappa shape index (κ3) is 5.96. The predicted molar refractivity (Wildman–Crippen MR) is 128 cm³/mol. The van der Waals surface area contributed by atoms with Gasteiger partial charge in [0.15, 0.2) is 9.84 Å². The van der Waals surface area contributed by atoms with E-state index >= 15 is 0 Å². The largest absolute Gasteiger partial charge is 0.494 e. The molecule has 0 fully saturated rings. The Morgan fingerprint density at radius 2 is 1.71 bits per heavy atom. The molecular formula is C25H30N2O6S. The first-order valence-corrected chi connectivity index (χ1v) is 12.7. The molecule has 2 aromatic carbocycles. The number of ether oxygens (including phenoxy) is 2. The Balaban J connectivity index is 1.98. The molecule has 0 aromatic heterocycles. The number of amides is 2. The Bertz CT molecular complexity index is 1170. The summed E-state index contributed by atoms with van der Waals surface area (Å²) in [7, 11) is -2.64. The molecule has 2 amide bonds. The molecule has 0 saturated carbocycles. The number of rotatable bonds is 9. The second-order valence-electron chi connectivity index (χ2n) is 8.42. The molecule has 1 aliphatic heterocycles. The number of urea groups is 1. The number of carbonyl (C=O) groups is 2. The highest BCUT2D eigenvalue weighted by molar-refractivity contribution is 7.91. The van der Waals surface area contributed by atoms with E-state index in [1.54, 1.807) is 48.5 Å². The summed E-state index contributed by atoms with van der Waals surface area (Å²) in [4.78, 5) is 25.3. The Labute approximate surface area is 200 Å². The van der Waals surface area contributed by atoms with E-state index in [0.29, 0.717) is 23.8 Å².